The molecule has 1 aliphatic carbocycles. The second-order valence-corrected chi connectivity index (χ2v) is 10.2. The molecule has 3 atom stereocenters. The van der Waals surface area contributed by atoms with Gasteiger partial charge >= 0.3 is 5.91 Å². The molecule has 5 rings (SSSR count). The van der Waals surface area contributed by atoms with Gasteiger partial charge in [-0.05, 0) is 51.4 Å². The van der Waals surface area contributed by atoms with Crippen LogP contribution in [0.3, 0.4) is 0 Å². The van der Waals surface area contributed by atoms with Gasteiger partial charge in [0.2, 0.25) is 12.3 Å². The molecule has 5 N–H and O–H groups in total. The molecular formula is C26H29FN5O4+. The lowest BCUT2D eigenvalue weighted by atomic mass is 9.88. The van der Waals surface area contributed by atoms with Crippen molar-refractivity contribution in [3.8, 4) is 0 Å². The number of allylic oxidation sites excluding steroid dienone is 1. The molecule has 2 amide bonds. The Morgan fingerprint density at radius 3 is 2.69 bits per heavy atom. The molecule has 0 spiro atoms. The third kappa shape index (κ3) is 4.38. The summed E-state index contributed by atoms with van der Waals surface area (Å²) in [6.07, 6.45) is 3.16. The molecule has 3 unspecified atom stereocenters. The highest BCUT2D eigenvalue weighted by Gasteiger charge is 2.55. The molecular weight excluding hydrogens is 465 g/mol. The number of benzene rings is 1. The van der Waals surface area contributed by atoms with Crippen molar-refractivity contribution in [1.29, 1.82) is 0 Å². The molecule has 0 bridgehead atoms. The summed E-state index contributed by atoms with van der Waals surface area (Å²) < 4.78 is 20.9. The van der Waals surface area contributed by atoms with E-state index < -0.39 is 23.5 Å². The summed E-state index contributed by atoms with van der Waals surface area (Å²) in [5, 5.41) is 17.0. The SMILES string of the molecule is CNC1CC1C1=C(O)C2=NC=C(Cc3ccc(F)cc3)C3OC(C(=O)NCC(C)(C)N)=C[N+](=C23)C1=O. The molecule has 10 heteroatoms. The zero-order chi connectivity index (χ0) is 25.8. The minimum atomic E-state index is -0.842. The van der Waals surface area contributed by atoms with E-state index in [1.165, 1.54) is 22.9 Å². The minimum absolute atomic E-state index is 0.0469. The normalized spacial score (nSPS) is 25.0. The molecule has 1 aromatic rings. The number of ether oxygens (including phenoxy) is 1. The standard InChI is InChI=1S/C26H28FN5O4/c1-26(2,28)12-31-24(34)18-11-32-21-20(22(33)19(25(32)35)16-9-17(16)29-3)30-10-14(23(21)36-18)8-13-4-6-15(27)7-5-13/h4-7,10-11,16-17,23,29H,8-9,12,28H2,1-3H3,(H-,31,33,34,35)/p+1. The van der Waals surface area contributed by atoms with Gasteiger partial charge in [-0.25, -0.2) is 14.2 Å². The van der Waals surface area contributed by atoms with Crippen LogP contribution in [0.2, 0.25) is 0 Å². The highest BCUT2D eigenvalue weighted by molar-refractivity contribution is 6.51. The van der Waals surface area contributed by atoms with E-state index in [4.69, 9.17) is 10.5 Å². The predicted molar refractivity (Wildman–Crippen MR) is 131 cm³/mol. The number of nitrogens with one attached hydrogen (secondary N) is 2. The van der Waals surface area contributed by atoms with Crippen LogP contribution in [-0.4, -0.2) is 64.2 Å². The van der Waals surface area contributed by atoms with Gasteiger partial charge in [0, 0.05) is 35.8 Å². The van der Waals surface area contributed by atoms with Crippen molar-refractivity contribution in [2.75, 3.05) is 13.6 Å². The Bertz CT molecular complexity index is 1300. The van der Waals surface area contributed by atoms with E-state index in [2.05, 4.69) is 15.6 Å². The number of hydrogen-bond acceptors (Lipinski definition) is 7. The van der Waals surface area contributed by atoms with Gasteiger partial charge in [0.05, 0.1) is 0 Å². The quantitative estimate of drug-likeness (QED) is 0.422. The lowest BCUT2D eigenvalue weighted by molar-refractivity contribution is -0.386. The summed E-state index contributed by atoms with van der Waals surface area (Å²) in [7, 11) is 1.81. The van der Waals surface area contributed by atoms with Gasteiger partial charge in [0.15, 0.2) is 11.5 Å². The molecule has 0 radical (unpaired) electrons. The second-order valence-electron chi connectivity index (χ2n) is 10.2. The number of rotatable bonds is 7. The van der Waals surface area contributed by atoms with E-state index >= 15 is 0 Å². The second kappa shape index (κ2) is 8.79. The third-order valence-electron chi connectivity index (χ3n) is 6.65. The number of aliphatic hydroxyl groups is 1. The van der Waals surface area contributed by atoms with Crippen LogP contribution in [0.1, 0.15) is 25.8 Å². The fourth-order valence-corrected chi connectivity index (χ4v) is 4.66. The van der Waals surface area contributed by atoms with E-state index in [0.29, 0.717) is 24.1 Å². The molecule has 188 valence electrons. The zero-order valence-corrected chi connectivity index (χ0v) is 20.3. The van der Waals surface area contributed by atoms with E-state index in [1.54, 1.807) is 32.2 Å². The monoisotopic (exact) mass is 494 g/mol. The summed E-state index contributed by atoms with van der Waals surface area (Å²) in [4.78, 5) is 31.1. The first kappa shape index (κ1) is 24.1. The maximum Gasteiger partial charge on any atom is 0.425 e. The lowest BCUT2D eigenvalue weighted by Gasteiger charge is -2.30. The topological polar surface area (TPSA) is 129 Å². The highest BCUT2D eigenvalue weighted by Crippen LogP contribution is 2.41. The van der Waals surface area contributed by atoms with E-state index in [-0.39, 0.29) is 47.1 Å². The van der Waals surface area contributed by atoms with Gasteiger partial charge in [-0.2, -0.15) is 0 Å². The summed E-state index contributed by atoms with van der Waals surface area (Å²) in [5.74, 6) is -1.63. The Morgan fingerprint density at radius 1 is 1.33 bits per heavy atom. The van der Waals surface area contributed by atoms with Crippen LogP contribution in [0, 0.1) is 11.7 Å². The Hall–Kier alpha value is -3.63. The first-order chi connectivity index (χ1) is 17.1. The summed E-state index contributed by atoms with van der Waals surface area (Å²) in [6, 6.07) is 6.11. The molecule has 36 heavy (non-hydrogen) atoms. The maximum absolute atomic E-state index is 13.6. The average Bonchev–Trinajstić information content (AvgIpc) is 3.61. The van der Waals surface area contributed by atoms with Gasteiger partial charge < -0.3 is 26.2 Å². The first-order valence-electron chi connectivity index (χ1n) is 11.9. The summed E-state index contributed by atoms with van der Waals surface area (Å²) in [6.45, 7) is 3.76. The number of aliphatic hydroxyl groups excluding tert-OH is 1. The Morgan fingerprint density at radius 2 is 2.06 bits per heavy atom. The highest BCUT2D eigenvalue weighted by atomic mass is 19.1. The molecule has 3 aliphatic heterocycles. The van der Waals surface area contributed by atoms with Crippen LogP contribution < -0.4 is 16.4 Å². The van der Waals surface area contributed by atoms with Crippen molar-refractivity contribution in [3.63, 3.8) is 0 Å². The fraction of sp³-hybridized carbons (Fsp3) is 0.385. The molecule has 0 aromatic heterocycles. The van der Waals surface area contributed by atoms with Crippen molar-refractivity contribution in [3.05, 3.63) is 70.7 Å². The summed E-state index contributed by atoms with van der Waals surface area (Å²) in [5.41, 5.74) is 7.71. The van der Waals surface area contributed by atoms with E-state index in [1.807, 2.05) is 7.05 Å². The molecule has 1 fully saturated rings. The molecule has 4 aliphatic rings. The van der Waals surface area contributed by atoms with Gasteiger partial charge in [0.25, 0.3) is 17.4 Å². The minimum Gasteiger partial charge on any atom is -0.505 e. The summed E-state index contributed by atoms with van der Waals surface area (Å²) >= 11 is 0. The molecule has 0 saturated heterocycles. The van der Waals surface area contributed by atoms with Crippen LogP contribution in [0.4, 0.5) is 4.39 Å². The van der Waals surface area contributed by atoms with Gasteiger partial charge in [-0.15, -0.1) is 4.58 Å². The smallest absolute Gasteiger partial charge is 0.425 e. The van der Waals surface area contributed by atoms with Crippen LogP contribution in [0.5, 0.6) is 0 Å². The zero-order valence-electron chi connectivity index (χ0n) is 20.3. The first-order valence-corrected chi connectivity index (χ1v) is 11.9. The largest absolute Gasteiger partial charge is 0.505 e. The van der Waals surface area contributed by atoms with Crippen molar-refractivity contribution in [1.82, 2.24) is 10.6 Å². The molecule has 1 aromatic carbocycles. The van der Waals surface area contributed by atoms with Gasteiger partial charge in [-0.3, -0.25) is 4.79 Å². The van der Waals surface area contributed by atoms with Crippen LogP contribution in [0.15, 0.2) is 64.3 Å². The Balaban J connectivity index is 1.55. The number of nitrogens with zero attached hydrogens (tertiary/aromatic N) is 2. The van der Waals surface area contributed by atoms with Crippen molar-refractivity contribution < 1.29 is 28.4 Å². The third-order valence-corrected chi connectivity index (χ3v) is 6.65. The maximum atomic E-state index is 13.6. The number of carbonyl (C=O) groups excluding carboxylic acids is 2. The van der Waals surface area contributed by atoms with Gasteiger partial charge in [-0.1, -0.05) is 12.1 Å². The molecule has 3 heterocycles. The number of nitrogens with two attached hydrogens (primary N) is 1. The Labute approximate surface area is 207 Å². The number of carbonyl (C=O) groups is 2. The number of amides is 2. The van der Waals surface area contributed by atoms with Gasteiger partial charge in [0.1, 0.15) is 11.4 Å². The van der Waals surface area contributed by atoms with E-state index in [9.17, 15) is 19.1 Å². The number of halogens is 1. The Kier molecular flexibility index (Phi) is 5.88. The van der Waals surface area contributed by atoms with Crippen molar-refractivity contribution in [2.24, 2.45) is 16.6 Å². The van der Waals surface area contributed by atoms with Crippen LogP contribution in [0.25, 0.3) is 0 Å². The van der Waals surface area contributed by atoms with Crippen LogP contribution in [-0.2, 0) is 20.7 Å². The lowest BCUT2D eigenvalue weighted by Crippen LogP contribution is -2.52. The molecule has 1 saturated carbocycles. The van der Waals surface area contributed by atoms with Crippen molar-refractivity contribution >= 4 is 23.2 Å². The van der Waals surface area contributed by atoms with E-state index in [0.717, 1.165) is 5.56 Å². The van der Waals surface area contributed by atoms with Crippen LogP contribution >= 0.6 is 0 Å². The molecule has 9 nitrogen and oxygen atoms in total. The number of aliphatic imine (C=N–C) groups is 1. The predicted octanol–water partition coefficient (Wildman–Crippen LogP) is 1.21. The van der Waals surface area contributed by atoms with Crippen molar-refractivity contribution in [2.45, 2.75) is 44.4 Å². The average molecular weight is 495 g/mol. The number of hydrogen-bond donors (Lipinski definition) is 4. The fourth-order valence-electron chi connectivity index (χ4n) is 4.66.